The van der Waals surface area contributed by atoms with Gasteiger partial charge in [-0.1, -0.05) is 18.5 Å². The van der Waals surface area contributed by atoms with Crippen LogP contribution < -0.4 is 5.73 Å². The summed E-state index contributed by atoms with van der Waals surface area (Å²) in [5.74, 6) is 0.471. The van der Waals surface area contributed by atoms with Crippen LogP contribution in [0, 0.1) is 0 Å². The summed E-state index contributed by atoms with van der Waals surface area (Å²) >= 11 is 9.58. The van der Waals surface area contributed by atoms with E-state index in [0.29, 0.717) is 17.4 Å². The van der Waals surface area contributed by atoms with Crippen LogP contribution in [0.1, 0.15) is 18.3 Å². The van der Waals surface area contributed by atoms with Crippen molar-refractivity contribution in [3.05, 3.63) is 27.1 Å². The maximum absolute atomic E-state index is 6.26. The molecule has 17 heavy (non-hydrogen) atoms. The molecule has 0 spiro atoms. The van der Waals surface area contributed by atoms with Gasteiger partial charge in [0, 0.05) is 13.2 Å². The number of hydrogen-bond donors (Lipinski definition) is 1. The summed E-state index contributed by atoms with van der Waals surface area (Å²) < 4.78 is 4.31. The third kappa shape index (κ3) is 2.32. The van der Waals surface area contributed by atoms with Gasteiger partial charge >= 0.3 is 0 Å². The maximum atomic E-state index is 6.26. The first-order chi connectivity index (χ1) is 8.02. The number of nitrogens with zero attached hydrogens (tertiary/aromatic N) is 4. The Labute approximate surface area is 113 Å². The number of nitrogen functional groups attached to an aromatic ring is 1. The van der Waals surface area contributed by atoms with E-state index in [1.54, 1.807) is 9.36 Å². The molecule has 2 aromatic heterocycles. The SMILES string of the molecule is CCc1nn(C)c(Cn2cc(Br)c(N)n2)c1Cl. The number of rotatable bonds is 3. The van der Waals surface area contributed by atoms with E-state index >= 15 is 0 Å². The normalized spacial score (nSPS) is 11.1. The Balaban J connectivity index is 2.32. The molecule has 0 saturated heterocycles. The highest BCUT2D eigenvalue weighted by molar-refractivity contribution is 9.10. The van der Waals surface area contributed by atoms with Crippen molar-refractivity contribution in [3.63, 3.8) is 0 Å². The lowest BCUT2D eigenvalue weighted by atomic mass is 10.3. The van der Waals surface area contributed by atoms with Crippen LogP contribution in [-0.4, -0.2) is 19.6 Å². The van der Waals surface area contributed by atoms with Gasteiger partial charge in [-0.25, -0.2) is 0 Å². The highest BCUT2D eigenvalue weighted by Gasteiger charge is 2.14. The van der Waals surface area contributed by atoms with Crippen molar-refractivity contribution in [1.82, 2.24) is 19.6 Å². The Morgan fingerprint density at radius 3 is 2.65 bits per heavy atom. The molecule has 92 valence electrons. The van der Waals surface area contributed by atoms with Crippen LogP contribution in [-0.2, 0) is 20.0 Å². The lowest BCUT2D eigenvalue weighted by Crippen LogP contribution is -2.06. The average molecular weight is 319 g/mol. The van der Waals surface area contributed by atoms with Crippen molar-refractivity contribution in [2.45, 2.75) is 19.9 Å². The van der Waals surface area contributed by atoms with Crippen LogP contribution in [0.5, 0.6) is 0 Å². The van der Waals surface area contributed by atoms with Crippen LogP contribution in [0.15, 0.2) is 10.7 Å². The zero-order chi connectivity index (χ0) is 12.6. The summed E-state index contributed by atoms with van der Waals surface area (Å²) in [6.07, 6.45) is 2.64. The topological polar surface area (TPSA) is 61.7 Å². The standard InChI is InChI=1S/C10H13BrClN5/c1-3-7-9(12)8(16(2)14-7)5-17-4-6(11)10(13)15-17/h4H,3,5H2,1-2H3,(H2,13,15). The summed E-state index contributed by atoms with van der Waals surface area (Å²) in [4.78, 5) is 0. The average Bonchev–Trinajstić information content (AvgIpc) is 2.73. The molecule has 2 heterocycles. The molecule has 2 N–H and O–H groups in total. The molecular formula is C10H13BrClN5. The summed E-state index contributed by atoms with van der Waals surface area (Å²) in [7, 11) is 1.88. The predicted molar refractivity (Wildman–Crippen MR) is 71.0 cm³/mol. The van der Waals surface area contributed by atoms with Gasteiger partial charge in [-0.05, 0) is 22.4 Å². The smallest absolute Gasteiger partial charge is 0.159 e. The second-order valence-corrected chi connectivity index (χ2v) is 4.98. The Morgan fingerprint density at radius 1 is 1.47 bits per heavy atom. The molecule has 0 fully saturated rings. The molecule has 2 aromatic rings. The van der Waals surface area contributed by atoms with Gasteiger partial charge in [-0.2, -0.15) is 10.2 Å². The molecule has 0 aliphatic rings. The minimum absolute atomic E-state index is 0.471. The van der Waals surface area contributed by atoms with Crippen LogP contribution in [0.2, 0.25) is 5.02 Å². The second-order valence-electron chi connectivity index (χ2n) is 3.74. The van der Waals surface area contributed by atoms with Crippen molar-refractivity contribution >= 4 is 33.3 Å². The molecule has 0 amide bonds. The highest BCUT2D eigenvalue weighted by atomic mass is 79.9. The van der Waals surface area contributed by atoms with E-state index in [2.05, 4.69) is 26.1 Å². The van der Waals surface area contributed by atoms with Crippen molar-refractivity contribution < 1.29 is 0 Å². The van der Waals surface area contributed by atoms with Crippen LogP contribution >= 0.6 is 27.5 Å². The van der Waals surface area contributed by atoms with E-state index in [1.165, 1.54) is 0 Å². The summed E-state index contributed by atoms with van der Waals surface area (Å²) in [6, 6.07) is 0. The molecule has 0 aromatic carbocycles. The van der Waals surface area contributed by atoms with E-state index in [9.17, 15) is 0 Å². The largest absolute Gasteiger partial charge is 0.381 e. The maximum Gasteiger partial charge on any atom is 0.159 e. The van der Waals surface area contributed by atoms with Crippen molar-refractivity contribution in [2.24, 2.45) is 7.05 Å². The van der Waals surface area contributed by atoms with Gasteiger partial charge in [-0.3, -0.25) is 9.36 Å². The van der Waals surface area contributed by atoms with Crippen molar-refractivity contribution in [1.29, 1.82) is 0 Å². The monoisotopic (exact) mass is 317 g/mol. The first kappa shape index (κ1) is 12.4. The fourth-order valence-corrected chi connectivity index (χ4v) is 2.31. The lowest BCUT2D eigenvalue weighted by molar-refractivity contribution is 0.619. The Kier molecular flexibility index (Phi) is 3.44. The van der Waals surface area contributed by atoms with Crippen molar-refractivity contribution in [2.75, 3.05) is 5.73 Å². The van der Waals surface area contributed by atoms with Gasteiger partial charge in [0.15, 0.2) is 5.82 Å². The summed E-state index contributed by atoms with van der Waals surface area (Å²) in [5, 5.41) is 9.23. The highest BCUT2D eigenvalue weighted by Crippen LogP contribution is 2.23. The van der Waals surface area contributed by atoms with E-state index in [4.69, 9.17) is 17.3 Å². The second kappa shape index (κ2) is 4.70. The van der Waals surface area contributed by atoms with Gasteiger partial charge in [0.2, 0.25) is 0 Å². The van der Waals surface area contributed by atoms with E-state index < -0.39 is 0 Å². The Bertz CT molecular complexity index is 526. The zero-order valence-corrected chi connectivity index (χ0v) is 12.0. The predicted octanol–water partition coefficient (Wildman–Crippen LogP) is 2.23. The van der Waals surface area contributed by atoms with Gasteiger partial charge in [-0.15, -0.1) is 0 Å². The number of nitrogens with two attached hydrogens (primary N) is 1. The minimum atomic E-state index is 0.471. The zero-order valence-electron chi connectivity index (χ0n) is 9.61. The van der Waals surface area contributed by atoms with E-state index in [-0.39, 0.29) is 0 Å². The van der Waals surface area contributed by atoms with Gasteiger partial charge in [0.1, 0.15) is 0 Å². The molecule has 2 rings (SSSR count). The molecule has 5 nitrogen and oxygen atoms in total. The lowest BCUT2D eigenvalue weighted by Gasteiger charge is -2.02. The van der Waals surface area contributed by atoms with E-state index in [1.807, 2.05) is 20.2 Å². The molecule has 0 bridgehead atoms. The molecule has 0 unspecified atom stereocenters. The Hall–Kier alpha value is -1.01. The van der Waals surface area contributed by atoms with Gasteiger partial charge in [0.25, 0.3) is 0 Å². The fourth-order valence-electron chi connectivity index (χ4n) is 1.64. The van der Waals surface area contributed by atoms with Crippen LogP contribution in [0.25, 0.3) is 0 Å². The minimum Gasteiger partial charge on any atom is -0.381 e. The first-order valence-corrected chi connectivity index (χ1v) is 6.38. The summed E-state index contributed by atoms with van der Waals surface area (Å²) in [5.41, 5.74) is 7.50. The summed E-state index contributed by atoms with van der Waals surface area (Å²) in [6.45, 7) is 2.58. The van der Waals surface area contributed by atoms with Gasteiger partial charge < -0.3 is 5.73 Å². The van der Waals surface area contributed by atoms with Crippen LogP contribution in [0.4, 0.5) is 5.82 Å². The molecule has 0 aliphatic heterocycles. The molecule has 0 saturated carbocycles. The number of halogens is 2. The van der Waals surface area contributed by atoms with Crippen molar-refractivity contribution in [3.8, 4) is 0 Å². The molecule has 0 aliphatic carbocycles. The molecule has 7 heteroatoms. The number of aromatic nitrogens is 4. The number of aryl methyl sites for hydroxylation is 2. The third-order valence-electron chi connectivity index (χ3n) is 2.56. The number of hydrogen-bond acceptors (Lipinski definition) is 3. The first-order valence-electron chi connectivity index (χ1n) is 5.21. The van der Waals surface area contributed by atoms with Gasteiger partial charge in [0.05, 0.1) is 27.4 Å². The Morgan fingerprint density at radius 2 is 2.18 bits per heavy atom. The molecule has 0 radical (unpaired) electrons. The third-order valence-corrected chi connectivity index (χ3v) is 3.61. The molecule has 0 atom stereocenters. The quantitative estimate of drug-likeness (QED) is 0.944. The molecular weight excluding hydrogens is 306 g/mol. The van der Waals surface area contributed by atoms with E-state index in [0.717, 1.165) is 22.3 Å². The fraction of sp³-hybridized carbons (Fsp3) is 0.400. The van der Waals surface area contributed by atoms with Crippen LogP contribution in [0.3, 0.4) is 0 Å². The number of anilines is 1.